The van der Waals surface area contributed by atoms with Crippen LogP contribution in [0.3, 0.4) is 0 Å². The Morgan fingerprint density at radius 3 is 2.00 bits per heavy atom. The van der Waals surface area contributed by atoms with E-state index in [4.69, 9.17) is 9.90 Å². The number of carboxylic acid groups (broad SMARTS) is 1. The van der Waals surface area contributed by atoms with E-state index in [0.717, 1.165) is 17.8 Å². The summed E-state index contributed by atoms with van der Waals surface area (Å²) in [4.78, 5) is 13.0. The summed E-state index contributed by atoms with van der Waals surface area (Å²) < 4.78 is 31.7. The van der Waals surface area contributed by atoms with E-state index in [9.17, 15) is 13.2 Å². The number of aromatic nitrogens is 3. The van der Waals surface area contributed by atoms with Crippen LogP contribution in [0.2, 0.25) is 0 Å². The number of halogens is 3. The number of hydrogen-bond donors (Lipinski definition) is 3. The molecule has 2 heterocycles. The number of alkyl halides is 3. The Morgan fingerprint density at radius 1 is 0.912 bits per heavy atom. The van der Waals surface area contributed by atoms with Crippen LogP contribution in [-0.2, 0) is 11.3 Å². The highest BCUT2D eigenvalue weighted by atomic mass is 19.4. The number of nitrogens with zero attached hydrogens (tertiary/aromatic N) is 2. The summed E-state index contributed by atoms with van der Waals surface area (Å²) in [5, 5.41) is 17.7. The number of aromatic amines is 1. The van der Waals surface area contributed by atoms with E-state index in [1.54, 1.807) is 6.20 Å². The predicted molar refractivity (Wildman–Crippen MR) is 123 cm³/mol. The first-order valence-electron chi connectivity index (χ1n) is 10.4. The maximum atomic E-state index is 10.6. The molecule has 6 nitrogen and oxygen atoms in total. The molecule has 0 saturated heterocycles. The van der Waals surface area contributed by atoms with Gasteiger partial charge in [-0.25, -0.2) is 4.79 Å². The highest BCUT2D eigenvalue weighted by Gasteiger charge is 2.38. The van der Waals surface area contributed by atoms with Gasteiger partial charge in [-0.2, -0.15) is 18.3 Å². The molecule has 1 atom stereocenters. The lowest BCUT2D eigenvalue weighted by molar-refractivity contribution is -0.192. The first kappa shape index (κ1) is 24.7. The van der Waals surface area contributed by atoms with Crippen LogP contribution in [0.1, 0.15) is 24.1 Å². The summed E-state index contributed by atoms with van der Waals surface area (Å²) in [5.74, 6) is -2.76. The maximum absolute atomic E-state index is 10.6. The first-order valence-corrected chi connectivity index (χ1v) is 10.4. The standard InChI is InChI=1S/C23H22N4.C2HF3O2/c1-17(19-6-8-20(9-7-19)21-10-13-24-14-11-21)25-16-18-2-4-22(5-3-18)23-12-15-26-27-23;3-2(4,5)1(6)7/h2-15,17,25H,16H2,1H3,(H,26,27);(H,6,7). The second-order valence-electron chi connectivity index (χ2n) is 7.43. The van der Waals surface area contributed by atoms with Crippen LogP contribution in [0.25, 0.3) is 22.4 Å². The van der Waals surface area contributed by atoms with Gasteiger partial charge in [0.1, 0.15) is 0 Å². The van der Waals surface area contributed by atoms with Gasteiger partial charge in [0.25, 0.3) is 0 Å². The van der Waals surface area contributed by atoms with Crippen LogP contribution >= 0.6 is 0 Å². The van der Waals surface area contributed by atoms with Gasteiger partial charge in [-0.15, -0.1) is 0 Å². The Labute approximate surface area is 194 Å². The minimum absolute atomic E-state index is 0.281. The smallest absolute Gasteiger partial charge is 0.475 e. The van der Waals surface area contributed by atoms with Crippen molar-refractivity contribution in [1.29, 1.82) is 0 Å². The molecule has 9 heteroatoms. The molecule has 0 amide bonds. The first-order chi connectivity index (χ1) is 16.2. The van der Waals surface area contributed by atoms with Gasteiger partial charge < -0.3 is 10.4 Å². The zero-order chi connectivity index (χ0) is 24.6. The van der Waals surface area contributed by atoms with E-state index < -0.39 is 12.1 Å². The molecule has 0 fully saturated rings. The normalized spacial score (nSPS) is 11.9. The van der Waals surface area contributed by atoms with E-state index >= 15 is 0 Å². The van der Waals surface area contributed by atoms with Crippen molar-refractivity contribution < 1.29 is 23.1 Å². The summed E-state index contributed by atoms with van der Waals surface area (Å²) in [6, 6.07) is 23.6. The van der Waals surface area contributed by atoms with Gasteiger partial charge in [0.15, 0.2) is 0 Å². The molecule has 3 N–H and O–H groups in total. The third-order valence-electron chi connectivity index (χ3n) is 5.04. The van der Waals surface area contributed by atoms with Gasteiger partial charge in [0.2, 0.25) is 0 Å². The topological polar surface area (TPSA) is 90.9 Å². The molecular weight excluding hydrogens is 445 g/mol. The summed E-state index contributed by atoms with van der Waals surface area (Å²) in [6.07, 6.45) is 0.336. The van der Waals surface area contributed by atoms with E-state index in [1.807, 2.05) is 30.6 Å². The lowest BCUT2D eigenvalue weighted by atomic mass is 10.0. The number of hydrogen-bond acceptors (Lipinski definition) is 4. The molecule has 4 rings (SSSR count). The lowest BCUT2D eigenvalue weighted by Crippen LogP contribution is -2.21. The molecule has 0 saturated carbocycles. The van der Waals surface area contributed by atoms with Crippen LogP contribution < -0.4 is 5.32 Å². The van der Waals surface area contributed by atoms with E-state index in [1.165, 1.54) is 22.3 Å². The molecular formula is C25H23F3N4O2. The zero-order valence-corrected chi connectivity index (χ0v) is 18.3. The fourth-order valence-corrected chi connectivity index (χ4v) is 3.12. The Morgan fingerprint density at radius 2 is 1.47 bits per heavy atom. The third-order valence-corrected chi connectivity index (χ3v) is 5.04. The van der Waals surface area contributed by atoms with Crippen LogP contribution in [0.5, 0.6) is 0 Å². The molecule has 176 valence electrons. The number of carboxylic acids is 1. The monoisotopic (exact) mass is 468 g/mol. The van der Waals surface area contributed by atoms with Gasteiger partial charge in [-0.3, -0.25) is 10.1 Å². The van der Waals surface area contributed by atoms with Gasteiger partial charge in [-0.1, -0.05) is 48.5 Å². The van der Waals surface area contributed by atoms with Crippen molar-refractivity contribution in [2.24, 2.45) is 0 Å². The van der Waals surface area contributed by atoms with Crippen LogP contribution in [-0.4, -0.2) is 32.4 Å². The molecule has 0 aliphatic heterocycles. The highest BCUT2D eigenvalue weighted by molar-refractivity contribution is 5.73. The van der Waals surface area contributed by atoms with Crippen molar-refractivity contribution in [2.75, 3.05) is 0 Å². The number of pyridine rings is 1. The van der Waals surface area contributed by atoms with Gasteiger partial charge in [0, 0.05) is 31.2 Å². The minimum atomic E-state index is -5.08. The fourth-order valence-electron chi connectivity index (χ4n) is 3.12. The van der Waals surface area contributed by atoms with Gasteiger partial charge in [0.05, 0.1) is 5.69 Å². The second kappa shape index (κ2) is 11.2. The van der Waals surface area contributed by atoms with Crippen molar-refractivity contribution in [1.82, 2.24) is 20.5 Å². The molecule has 2 aromatic heterocycles. The number of rotatable bonds is 6. The van der Waals surface area contributed by atoms with E-state index in [0.29, 0.717) is 0 Å². The molecule has 0 radical (unpaired) electrons. The number of nitrogens with one attached hydrogen (secondary N) is 2. The minimum Gasteiger partial charge on any atom is -0.475 e. The van der Waals surface area contributed by atoms with Crippen molar-refractivity contribution in [3.8, 4) is 22.4 Å². The highest BCUT2D eigenvalue weighted by Crippen LogP contribution is 2.22. The van der Waals surface area contributed by atoms with Crippen molar-refractivity contribution in [3.63, 3.8) is 0 Å². The number of H-pyrrole nitrogens is 1. The summed E-state index contributed by atoms with van der Waals surface area (Å²) in [6.45, 7) is 3.02. The number of carbonyl (C=O) groups is 1. The third kappa shape index (κ3) is 7.01. The van der Waals surface area contributed by atoms with Crippen LogP contribution in [0.4, 0.5) is 13.2 Å². The number of benzene rings is 2. The maximum Gasteiger partial charge on any atom is 0.490 e. The summed E-state index contributed by atoms with van der Waals surface area (Å²) >= 11 is 0. The zero-order valence-electron chi connectivity index (χ0n) is 18.3. The van der Waals surface area contributed by atoms with Gasteiger partial charge in [-0.05, 0) is 52.9 Å². The Balaban J connectivity index is 0.000000406. The van der Waals surface area contributed by atoms with Crippen molar-refractivity contribution in [2.45, 2.75) is 25.7 Å². The summed E-state index contributed by atoms with van der Waals surface area (Å²) in [7, 11) is 0. The predicted octanol–water partition coefficient (Wildman–Crippen LogP) is 5.62. The quantitative estimate of drug-likeness (QED) is 0.342. The molecule has 4 aromatic rings. The van der Waals surface area contributed by atoms with Crippen molar-refractivity contribution in [3.05, 3.63) is 96.4 Å². The molecule has 0 bridgehead atoms. The molecule has 34 heavy (non-hydrogen) atoms. The lowest BCUT2D eigenvalue weighted by Gasteiger charge is -2.15. The van der Waals surface area contributed by atoms with Crippen LogP contribution in [0, 0.1) is 0 Å². The van der Waals surface area contributed by atoms with Gasteiger partial charge >= 0.3 is 12.1 Å². The Kier molecular flexibility index (Phi) is 8.15. The van der Waals surface area contributed by atoms with E-state index in [-0.39, 0.29) is 6.04 Å². The Bertz CT molecular complexity index is 1160. The number of aliphatic carboxylic acids is 1. The van der Waals surface area contributed by atoms with E-state index in [2.05, 4.69) is 76.0 Å². The molecule has 0 spiro atoms. The average molecular weight is 468 g/mol. The molecule has 1 unspecified atom stereocenters. The molecule has 0 aliphatic rings. The molecule has 0 aliphatic carbocycles. The largest absolute Gasteiger partial charge is 0.490 e. The molecule has 2 aromatic carbocycles. The fraction of sp³-hybridized carbons (Fsp3) is 0.160. The van der Waals surface area contributed by atoms with Crippen molar-refractivity contribution >= 4 is 5.97 Å². The second-order valence-corrected chi connectivity index (χ2v) is 7.43. The summed E-state index contributed by atoms with van der Waals surface area (Å²) in [5.41, 5.74) is 7.13. The Hall–Kier alpha value is -3.98. The average Bonchev–Trinajstić information content (AvgIpc) is 3.38. The SMILES string of the molecule is CC(NCc1ccc(-c2ccn[nH]2)cc1)c1ccc(-c2ccncc2)cc1.O=C(O)C(F)(F)F. The van der Waals surface area contributed by atoms with Crippen LogP contribution in [0.15, 0.2) is 85.3 Å².